The number of rotatable bonds is 5. The van der Waals surface area contributed by atoms with Crippen LogP contribution in [0.1, 0.15) is 58.9 Å². The summed E-state index contributed by atoms with van der Waals surface area (Å²) in [6, 6.07) is 7.91. The highest BCUT2D eigenvalue weighted by Gasteiger charge is 2.76. The van der Waals surface area contributed by atoms with Crippen molar-refractivity contribution in [2.75, 3.05) is 19.8 Å². The predicted octanol–water partition coefficient (Wildman–Crippen LogP) is 3.43. The Bertz CT molecular complexity index is 1190. The summed E-state index contributed by atoms with van der Waals surface area (Å²) in [5.74, 6) is -2.94. The summed E-state index contributed by atoms with van der Waals surface area (Å²) in [7, 11) is 0. The summed E-state index contributed by atoms with van der Waals surface area (Å²) < 4.78 is 12.8. The van der Waals surface area contributed by atoms with Gasteiger partial charge >= 0.3 is 5.97 Å². The van der Waals surface area contributed by atoms with Gasteiger partial charge in [0, 0.05) is 12.1 Å². The number of aliphatic hydroxyl groups is 1. The first kappa shape index (κ1) is 28.6. The first-order valence-corrected chi connectivity index (χ1v) is 14.6. The fourth-order valence-corrected chi connectivity index (χ4v) is 7.11. The van der Waals surface area contributed by atoms with Gasteiger partial charge in [-0.3, -0.25) is 14.4 Å². The highest BCUT2D eigenvalue weighted by atomic mass is 16.6. The maximum atomic E-state index is 14.7. The second-order valence-electron chi connectivity index (χ2n) is 12.5. The first-order chi connectivity index (χ1) is 19.1. The van der Waals surface area contributed by atoms with Crippen LogP contribution in [0.3, 0.4) is 0 Å². The molecule has 0 aromatic heterocycles. The van der Waals surface area contributed by atoms with Crippen LogP contribution in [0, 0.1) is 11.8 Å². The van der Waals surface area contributed by atoms with Crippen molar-refractivity contribution in [3.05, 3.63) is 60.2 Å². The van der Waals surface area contributed by atoms with Gasteiger partial charge in [-0.2, -0.15) is 0 Å². The number of esters is 1. The summed E-state index contributed by atoms with van der Waals surface area (Å²) in [4.78, 5) is 46.3. The molecule has 1 aromatic carbocycles. The second-order valence-corrected chi connectivity index (χ2v) is 12.5. The maximum Gasteiger partial charge on any atom is 0.313 e. The molecule has 6 atom stereocenters. The van der Waals surface area contributed by atoms with Crippen LogP contribution in [-0.4, -0.2) is 81.3 Å². The highest BCUT2D eigenvalue weighted by molar-refractivity contribution is 5.99. The van der Waals surface area contributed by atoms with Gasteiger partial charge in [0.15, 0.2) is 0 Å². The van der Waals surface area contributed by atoms with Crippen LogP contribution >= 0.6 is 0 Å². The van der Waals surface area contributed by atoms with Crippen molar-refractivity contribution >= 4 is 17.8 Å². The predicted molar refractivity (Wildman–Crippen MR) is 150 cm³/mol. The number of hydrogen-bond donors (Lipinski definition) is 1. The monoisotopic (exact) mass is 550 g/mol. The van der Waals surface area contributed by atoms with Gasteiger partial charge < -0.3 is 24.4 Å². The fraction of sp³-hybridized carbons (Fsp3) is 0.594. The average molecular weight is 551 g/mol. The molecule has 4 aliphatic heterocycles. The van der Waals surface area contributed by atoms with Gasteiger partial charge in [0.2, 0.25) is 11.8 Å². The zero-order chi connectivity index (χ0) is 28.7. The smallest absolute Gasteiger partial charge is 0.313 e. The molecule has 1 unspecified atom stereocenters. The topological polar surface area (TPSA) is 96.4 Å². The van der Waals surface area contributed by atoms with E-state index in [2.05, 4.69) is 0 Å². The van der Waals surface area contributed by atoms with Crippen LogP contribution in [0.5, 0.6) is 0 Å². The van der Waals surface area contributed by atoms with Crippen LogP contribution in [-0.2, 0) is 30.3 Å². The highest BCUT2D eigenvalue weighted by Crippen LogP contribution is 2.58. The average Bonchev–Trinajstić information content (AvgIpc) is 3.28. The number of cyclic esters (lactones) is 1. The minimum absolute atomic E-state index is 0.243. The van der Waals surface area contributed by atoms with Gasteiger partial charge in [-0.15, -0.1) is 0 Å². The summed E-state index contributed by atoms with van der Waals surface area (Å²) in [6.07, 6.45) is 11.0. The molecule has 1 N–H and O–H groups in total. The van der Waals surface area contributed by atoms with E-state index in [0.717, 1.165) is 24.8 Å². The van der Waals surface area contributed by atoms with E-state index in [9.17, 15) is 19.5 Å². The Morgan fingerprint density at radius 3 is 2.45 bits per heavy atom. The molecule has 216 valence electrons. The lowest BCUT2D eigenvalue weighted by atomic mass is 9.73. The Labute approximate surface area is 237 Å². The van der Waals surface area contributed by atoms with E-state index in [-0.39, 0.29) is 25.0 Å². The Kier molecular flexibility index (Phi) is 7.70. The largest absolute Gasteiger partial charge is 0.465 e. The maximum absolute atomic E-state index is 14.7. The molecule has 2 fully saturated rings. The molecule has 2 saturated heterocycles. The first-order valence-electron chi connectivity index (χ1n) is 14.6. The van der Waals surface area contributed by atoms with Crippen molar-refractivity contribution in [1.82, 2.24) is 9.80 Å². The molecule has 5 rings (SSSR count). The number of likely N-dealkylation sites (tertiary alicyclic amines) is 1. The molecule has 8 nitrogen and oxygen atoms in total. The van der Waals surface area contributed by atoms with E-state index < -0.39 is 46.6 Å². The van der Waals surface area contributed by atoms with Gasteiger partial charge in [0.25, 0.3) is 0 Å². The molecule has 8 heteroatoms. The van der Waals surface area contributed by atoms with E-state index in [1.54, 1.807) is 4.90 Å². The van der Waals surface area contributed by atoms with Crippen LogP contribution in [0.4, 0.5) is 0 Å². The van der Waals surface area contributed by atoms with Crippen molar-refractivity contribution in [2.45, 2.75) is 88.6 Å². The number of carbonyl (C=O) groups excluding carboxylic acids is 3. The molecule has 1 spiro atoms. The van der Waals surface area contributed by atoms with Crippen molar-refractivity contribution in [3.63, 3.8) is 0 Å². The van der Waals surface area contributed by atoms with Gasteiger partial charge in [-0.25, -0.2) is 0 Å². The van der Waals surface area contributed by atoms with Crippen molar-refractivity contribution in [2.24, 2.45) is 11.8 Å². The lowest BCUT2D eigenvalue weighted by Gasteiger charge is -2.43. The number of allylic oxidation sites excluding steroid dienone is 1. The normalized spacial score (nSPS) is 34.0. The molecule has 4 aliphatic rings. The summed E-state index contributed by atoms with van der Waals surface area (Å²) in [5.41, 5.74) is -2.05. The van der Waals surface area contributed by atoms with Gasteiger partial charge in [-0.1, -0.05) is 61.6 Å². The molecular formula is C32H42N2O6. The Balaban J connectivity index is 1.68. The molecule has 0 radical (unpaired) electrons. The van der Waals surface area contributed by atoms with Gasteiger partial charge in [-0.05, 0) is 58.4 Å². The molecule has 2 amide bonds. The minimum atomic E-state index is -1.38. The van der Waals surface area contributed by atoms with Crippen LogP contribution in [0.15, 0.2) is 54.6 Å². The Morgan fingerprint density at radius 1 is 1.02 bits per heavy atom. The summed E-state index contributed by atoms with van der Waals surface area (Å²) in [6.45, 7) is 8.14. The molecule has 40 heavy (non-hydrogen) atoms. The lowest BCUT2D eigenvalue weighted by Crippen LogP contribution is -2.61. The molecule has 0 bridgehead atoms. The van der Waals surface area contributed by atoms with Crippen LogP contribution in [0.25, 0.3) is 0 Å². The number of aliphatic hydroxyl groups excluding tert-OH is 1. The molecule has 0 saturated carbocycles. The zero-order valence-corrected chi connectivity index (χ0v) is 24.0. The van der Waals surface area contributed by atoms with E-state index in [1.165, 1.54) is 4.90 Å². The van der Waals surface area contributed by atoms with E-state index in [1.807, 2.05) is 82.3 Å². The minimum Gasteiger partial charge on any atom is -0.465 e. The van der Waals surface area contributed by atoms with Crippen molar-refractivity contribution in [3.8, 4) is 0 Å². The number of carbonyl (C=O) groups is 3. The molecule has 4 heterocycles. The van der Waals surface area contributed by atoms with Crippen LogP contribution < -0.4 is 0 Å². The molecular weight excluding hydrogens is 508 g/mol. The number of amides is 2. The summed E-state index contributed by atoms with van der Waals surface area (Å²) >= 11 is 0. The SMILES string of the molecule is CC[C@]12/C=C\CCCCOC(=O)[C@H]1[C@H]1C(=O)N([C@@H](CO)Cc3ccccc3)C3C(=O)N(C(C)(C)C)CC=C[C@@]31O2. The number of benzene rings is 1. The van der Waals surface area contributed by atoms with E-state index >= 15 is 0 Å². The number of fused-ring (bicyclic) bond motifs is 2. The third-order valence-electron chi connectivity index (χ3n) is 9.05. The Morgan fingerprint density at radius 2 is 1.77 bits per heavy atom. The zero-order valence-electron chi connectivity index (χ0n) is 24.0. The summed E-state index contributed by atoms with van der Waals surface area (Å²) in [5, 5.41) is 10.7. The quantitative estimate of drug-likeness (QED) is 0.446. The fourth-order valence-electron chi connectivity index (χ4n) is 7.11. The van der Waals surface area contributed by atoms with Gasteiger partial charge in [0.1, 0.15) is 23.2 Å². The van der Waals surface area contributed by atoms with E-state index in [4.69, 9.17) is 9.47 Å². The van der Waals surface area contributed by atoms with E-state index in [0.29, 0.717) is 19.4 Å². The number of nitrogens with zero attached hydrogens (tertiary/aromatic N) is 2. The van der Waals surface area contributed by atoms with Gasteiger partial charge in [0.05, 0.1) is 25.2 Å². The molecule has 0 aliphatic carbocycles. The Hall–Kier alpha value is -2.97. The second kappa shape index (κ2) is 10.8. The third kappa shape index (κ3) is 4.59. The number of ether oxygens (including phenoxy) is 2. The van der Waals surface area contributed by atoms with Crippen molar-refractivity contribution < 1.29 is 29.0 Å². The number of hydrogen-bond acceptors (Lipinski definition) is 6. The van der Waals surface area contributed by atoms with Crippen molar-refractivity contribution in [1.29, 1.82) is 0 Å². The third-order valence-corrected chi connectivity index (χ3v) is 9.05. The van der Waals surface area contributed by atoms with Crippen LogP contribution in [0.2, 0.25) is 0 Å². The standard InChI is InChI=1S/C32H42N2O6/c1-5-31-16-11-6-7-12-19-39-29(38)25(31)24-27(36)34(23(21-35)20-22-14-9-8-10-15-22)26-28(37)33(30(2,3)4)18-13-17-32(24,26)40-31/h8-11,13-17,23-26,35H,5-7,12,18-21H2,1-4H3/b16-11-/t23-,24+,25-,26?,31+,32+/m1/s1. The molecule has 1 aromatic rings. The lowest BCUT2D eigenvalue weighted by molar-refractivity contribution is -0.164.